The maximum atomic E-state index is 10.9. The number of rotatable bonds is 5. The number of nitrogens with one attached hydrogen (secondary N) is 1. The SMILES string of the molecule is Cc1cc(Br)cc([N+](=O)[O-])c1NCC(O)CO. The van der Waals surface area contributed by atoms with Crippen LogP contribution in [0.15, 0.2) is 16.6 Å². The van der Waals surface area contributed by atoms with Crippen LogP contribution >= 0.6 is 15.9 Å². The van der Waals surface area contributed by atoms with E-state index < -0.39 is 17.6 Å². The molecule has 0 saturated carbocycles. The van der Waals surface area contributed by atoms with Crippen LogP contribution < -0.4 is 5.32 Å². The van der Waals surface area contributed by atoms with Crippen LogP contribution in [0.5, 0.6) is 0 Å². The van der Waals surface area contributed by atoms with Crippen LogP contribution in [-0.4, -0.2) is 34.4 Å². The molecule has 17 heavy (non-hydrogen) atoms. The Hall–Kier alpha value is -1.18. The fourth-order valence-corrected chi connectivity index (χ4v) is 1.94. The third-order valence-corrected chi connectivity index (χ3v) is 2.66. The van der Waals surface area contributed by atoms with Crippen molar-refractivity contribution in [3.63, 3.8) is 0 Å². The summed E-state index contributed by atoms with van der Waals surface area (Å²) in [4.78, 5) is 10.4. The number of aliphatic hydroxyl groups excluding tert-OH is 2. The normalized spacial score (nSPS) is 12.2. The molecule has 6 nitrogen and oxygen atoms in total. The molecule has 0 saturated heterocycles. The molecular formula is C10H13BrN2O4. The van der Waals surface area contributed by atoms with Gasteiger partial charge < -0.3 is 15.5 Å². The van der Waals surface area contributed by atoms with Gasteiger partial charge in [0.25, 0.3) is 5.69 Å². The molecule has 1 aromatic rings. The first-order valence-corrected chi connectivity index (χ1v) is 5.72. The average Bonchev–Trinajstić information content (AvgIpc) is 2.26. The lowest BCUT2D eigenvalue weighted by Crippen LogP contribution is -2.23. The summed E-state index contributed by atoms with van der Waals surface area (Å²) in [6.07, 6.45) is -0.947. The third kappa shape index (κ3) is 3.65. The van der Waals surface area contributed by atoms with Crippen LogP contribution in [0, 0.1) is 17.0 Å². The highest BCUT2D eigenvalue weighted by Crippen LogP contribution is 2.31. The second kappa shape index (κ2) is 5.95. The minimum Gasteiger partial charge on any atom is -0.394 e. The smallest absolute Gasteiger partial charge is 0.293 e. The molecule has 7 heteroatoms. The first kappa shape index (κ1) is 13.9. The Balaban J connectivity index is 3.00. The number of nitro groups is 1. The van der Waals surface area contributed by atoms with Crippen LogP contribution in [0.4, 0.5) is 11.4 Å². The van der Waals surface area contributed by atoms with Crippen LogP contribution in [0.3, 0.4) is 0 Å². The van der Waals surface area contributed by atoms with Gasteiger partial charge in [-0.25, -0.2) is 0 Å². The maximum absolute atomic E-state index is 10.9. The highest BCUT2D eigenvalue weighted by atomic mass is 79.9. The van der Waals surface area contributed by atoms with Gasteiger partial charge in [0.05, 0.1) is 17.6 Å². The lowest BCUT2D eigenvalue weighted by molar-refractivity contribution is -0.384. The van der Waals surface area contributed by atoms with Crippen LogP contribution in [0.2, 0.25) is 0 Å². The van der Waals surface area contributed by atoms with Crippen molar-refractivity contribution in [1.29, 1.82) is 0 Å². The van der Waals surface area contributed by atoms with E-state index in [4.69, 9.17) is 5.11 Å². The van der Waals surface area contributed by atoms with E-state index in [0.717, 1.165) is 0 Å². The molecule has 1 rings (SSSR count). The molecular weight excluding hydrogens is 292 g/mol. The number of hydrogen-bond donors (Lipinski definition) is 3. The highest BCUT2D eigenvalue weighted by molar-refractivity contribution is 9.10. The number of halogens is 1. The zero-order chi connectivity index (χ0) is 13.0. The predicted octanol–water partition coefficient (Wildman–Crippen LogP) is 1.43. The standard InChI is InChI=1S/C10H13BrN2O4/c1-6-2-7(11)3-9(13(16)17)10(6)12-4-8(15)5-14/h2-3,8,12,14-15H,4-5H2,1H3. The Morgan fingerprint density at radius 3 is 2.76 bits per heavy atom. The number of aliphatic hydroxyl groups is 2. The largest absolute Gasteiger partial charge is 0.394 e. The van der Waals surface area contributed by atoms with Gasteiger partial charge in [-0.1, -0.05) is 15.9 Å². The fourth-order valence-electron chi connectivity index (χ4n) is 1.38. The van der Waals surface area contributed by atoms with Gasteiger partial charge >= 0.3 is 0 Å². The van der Waals surface area contributed by atoms with Crippen molar-refractivity contribution in [2.24, 2.45) is 0 Å². The molecule has 3 N–H and O–H groups in total. The Morgan fingerprint density at radius 2 is 2.24 bits per heavy atom. The summed E-state index contributed by atoms with van der Waals surface area (Å²) in [7, 11) is 0. The lowest BCUT2D eigenvalue weighted by Gasteiger charge is -2.13. The van der Waals surface area contributed by atoms with E-state index in [0.29, 0.717) is 15.7 Å². The van der Waals surface area contributed by atoms with Gasteiger partial charge in [-0.3, -0.25) is 10.1 Å². The molecule has 94 valence electrons. The third-order valence-electron chi connectivity index (χ3n) is 2.20. The minimum atomic E-state index is -0.947. The van der Waals surface area contributed by atoms with Crippen molar-refractivity contribution >= 4 is 27.3 Å². The molecule has 0 aliphatic heterocycles. The van der Waals surface area contributed by atoms with E-state index in [1.807, 2.05) is 0 Å². The Bertz CT molecular complexity index is 425. The molecule has 0 fully saturated rings. The molecule has 1 unspecified atom stereocenters. The van der Waals surface area contributed by atoms with Crippen molar-refractivity contribution in [1.82, 2.24) is 0 Å². The van der Waals surface area contributed by atoms with Gasteiger partial charge in [-0.05, 0) is 18.6 Å². The van der Waals surface area contributed by atoms with Gasteiger partial charge in [0.1, 0.15) is 5.69 Å². The van der Waals surface area contributed by atoms with Crippen molar-refractivity contribution in [3.8, 4) is 0 Å². The van der Waals surface area contributed by atoms with Gasteiger partial charge in [0, 0.05) is 17.1 Å². The average molecular weight is 305 g/mol. The van der Waals surface area contributed by atoms with E-state index in [9.17, 15) is 15.2 Å². The quantitative estimate of drug-likeness (QED) is 0.565. The van der Waals surface area contributed by atoms with Gasteiger partial charge in [-0.15, -0.1) is 0 Å². The summed E-state index contributed by atoms with van der Waals surface area (Å²) in [6.45, 7) is 1.39. The highest BCUT2D eigenvalue weighted by Gasteiger charge is 2.17. The summed E-state index contributed by atoms with van der Waals surface area (Å²) in [5.41, 5.74) is 0.976. The summed E-state index contributed by atoms with van der Waals surface area (Å²) in [6, 6.07) is 3.13. The van der Waals surface area contributed by atoms with Crippen LogP contribution in [0.25, 0.3) is 0 Å². The van der Waals surface area contributed by atoms with E-state index >= 15 is 0 Å². The number of aryl methyl sites for hydroxylation is 1. The minimum absolute atomic E-state index is 0.0554. The lowest BCUT2D eigenvalue weighted by atomic mass is 10.1. The van der Waals surface area contributed by atoms with Crippen molar-refractivity contribution in [2.75, 3.05) is 18.5 Å². The van der Waals surface area contributed by atoms with Crippen LogP contribution in [-0.2, 0) is 0 Å². The zero-order valence-corrected chi connectivity index (χ0v) is 10.8. The molecule has 0 aromatic heterocycles. The maximum Gasteiger partial charge on any atom is 0.293 e. The van der Waals surface area contributed by atoms with Gasteiger partial charge in [0.2, 0.25) is 0 Å². The Morgan fingerprint density at radius 1 is 1.59 bits per heavy atom. The van der Waals surface area contributed by atoms with E-state index in [2.05, 4.69) is 21.2 Å². The van der Waals surface area contributed by atoms with Crippen LogP contribution in [0.1, 0.15) is 5.56 Å². The number of nitro benzene ring substituents is 1. The molecule has 0 aliphatic carbocycles. The van der Waals surface area contributed by atoms with Crippen molar-refractivity contribution in [2.45, 2.75) is 13.0 Å². The number of benzene rings is 1. The molecule has 0 amide bonds. The van der Waals surface area contributed by atoms with E-state index in [-0.39, 0.29) is 12.2 Å². The second-order valence-electron chi connectivity index (χ2n) is 3.59. The predicted molar refractivity (Wildman–Crippen MR) is 67.1 cm³/mol. The fraction of sp³-hybridized carbons (Fsp3) is 0.400. The molecule has 1 atom stereocenters. The molecule has 0 heterocycles. The van der Waals surface area contributed by atoms with Gasteiger partial charge in [0.15, 0.2) is 0 Å². The Labute approximate surface area is 107 Å². The molecule has 0 spiro atoms. The summed E-state index contributed by atoms with van der Waals surface area (Å²) < 4.78 is 0.620. The van der Waals surface area contributed by atoms with Crippen molar-refractivity contribution < 1.29 is 15.1 Å². The summed E-state index contributed by atoms with van der Waals surface area (Å²) in [5, 5.41) is 31.5. The summed E-state index contributed by atoms with van der Waals surface area (Å²) >= 11 is 3.19. The molecule has 0 radical (unpaired) electrons. The van der Waals surface area contributed by atoms with E-state index in [1.165, 1.54) is 6.07 Å². The molecule has 1 aromatic carbocycles. The second-order valence-corrected chi connectivity index (χ2v) is 4.51. The number of hydrogen-bond acceptors (Lipinski definition) is 5. The first-order valence-electron chi connectivity index (χ1n) is 4.93. The molecule has 0 aliphatic rings. The monoisotopic (exact) mass is 304 g/mol. The zero-order valence-electron chi connectivity index (χ0n) is 9.18. The molecule has 0 bridgehead atoms. The van der Waals surface area contributed by atoms with Crippen molar-refractivity contribution in [3.05, 3.63) is 32.3 Å². The topological polar surface area (TPSA) is 95.6 Å². The number of anilines is 1. The summed E-state index contributed by atoms with van der Waals surface area (Å²) in [5.74, 6) is 0. The Kier molecular flexibility index (Phi) is 4.86. The van der Waals surface area contributed by atoms with E-state index in [1.54, 1.807) is 13.0 Å². The first-order chi connectivity index (χ1) is 7.95. The number of nitrogens with zero attached hydrogens (tertiary/aromatic N) is 1. The van der Waals surface area contributed by atoms with Gasteiger partial charge in [-0.2, -0.15) is 0 Å².